The highest BCUT2D eigenvalue weighted by Gasteiger charge is 2.28. The number of halogens is 1. The molecule has 0 bridgehead atoms. The Labute approximate surface area is 195 Å². The minimum absolute atomic E-state index is 0. The lowest BCUT2D eigenvalue weighted by Gasteiger charge is -2.39. The van der Waals surface area contributed by atoms with Crippen LogP contribution in [0.15, 0.2) is 48.0 Å². The largest absolute Gasteiger partial charge is 0.357 e. The van der Waals surface area contributed by atoms with Gasteiger partial charge in [-0.05, 0) is 37.8 Å². The van der Waals surface area contributed by atoms with Crippen LogP contribution in [0.1, 0.15) is 38.6 Å². The number of aliphatic imine (C=N–C) groups is 1. The Morgan fingerprint density at radius 2 is 2.20 bits per heavy atom. The Morgan fingerprint density at radius 1 is 1.33 bits per heavy atom. The predicted octanol–water partition coefficient (Wildman–Crippen LogP) is 3.86. The summed E-state index contributed by atoms with van der Waals surface area (Å²) < 4.78 is 2.24. The molecule has 30 heavy (non-hydrogen) atoms. The summed E-state index contributed by atoms with van der Waals surface area (Å²) >= 11 is 0. The summed E-state index contributed by atoms with van der Waals surface area (Å²) in [5.41, 5.74) is 2.14. The summed E-state index contributed by atoms with van der Waals surface area (Å²) in [5.74, 6) is 2.70. The van der Waals surface area contributed by atoms with Crippen molar-refractivity contribution in [2.45, 2.75) is 39.2 Å². The van der Waals surface area contributed by atoms with E-state index in [1.807, 2.05) is 30.7 Å². The second-order valence-electron chi connectivity index (χ2n) is 7.83. The number of fused-ring (bicyclic) bond motifs is 1. The van der Waals surface area contributed by atoms with Crippen LogP contribution in [0.25, 0.3) is 11.0 Å². The van der Waals surface area contributed by atoms with Crippen LogP contribution in [0.2, 0.25) is 0 Å². The zero-order chi connectivity index (χ0) is 20.1. The number of aryl methyl sites for hydroxylation is 1. The van der Waals surface area contributed by atoms with Crippen LogP contribution in [-0.2, 0) is 6.42 Å². The van der Waals surface area contributed by atoms with Gasteiger partial charge in [0.15, 0.2) is 5.96 Å². The number of hydrogen-bond donors (Lipinski definition) is 2. The lowest BCUT2D eigenvalue weighted by molar-refractivity contribution is 0.189. The Bertz CT molecular complexity index is 901. The minimum Gasteiger partial charge on any atom is -0.357 e. The fraction of sp³-hybridized carbons (Fsp3) is 0.500. The maximum Gasteiger partial charge on any atom is 0.193 e. The van der Waals surface area contributed by atoms with Crippen LogP contribution in [0.5, 0.6) is 0 Å². The molecule has 4 rings (SSSR count). The highest BCUT2D eigenvalue weighted by atomic mass is 127. The van der Waals surface area contributed by atoms with Crippen LogP contribution < -0.4 is 5.32 Å². The SMILES string of the molecule is CCNC(=NCCCc1nc2ccccc2[nH]1)N1CCC(C)C(n2ccnc2)C1.I. The second-order valence-corrected chi connectivity index (χ2v) is 7.83. The van der Waals surface area contributed by atoms with E-state index in [4.69, 9.17) is 4.99 Å². The lowest BCUT2D eigenvalue weighted by Crippen LogP contribution is -2.49. The van der Waals surface area contributed by atoms with Gasteiger partial charge in [-0.15, -0.1) is 24.0 Å². The first kappa shape index (κ1) is 22.6. The molecule has 1 aliphatic heterocycles. The van der Waals surface area contributed by atoms with E-state index in [0.717, 1.165) is 68.3 Å². The summed E-state index contributed by atoms with van der Waals surface area (Å²) in [6.45, 7) is 8.14. The fourth-order valence-corrected chi connectivity index (χ4v) is 4.08. The molecule has 1 fully saturated rings. The van der Waals surface area contributed by atoms with Gasteiger partial charge >= 0.3 is 0 Å². The van der Waals surface area contributed by atoms with E-state index >= 15 is 0 Å². The monoisotopic (exact) mass is 521 g/mol. The summed E-state index contributed by atoms with van der Waals surface area (Å²) in [6, 6.07) is 8.61. The molecular weight excluding hydrogens is 489 g/mol. The number of rotatable bonds is 6. The number of aromatic amines is 1. The second kappa shape index (κ2) is 10.8. The van der Waals surface area contributed by atoms with Gasteiger partial charge in [0, 0.05) is 45.0 Å². The van der Waals surface area contributed by atoms with Gasteiger partial charge in [-0.1, -0.05) is 19.1 Å². The molecule has 1 aromatic carbocycles. The molecule has 3 heterocycles. The third-order valence-electron chi connectivity index (χ3n) is 5.73. The minimum atomic E-state index is 0. The first-order valence-electron chi connectivity index (χ1n) is 10.7. The molecule has 162 valence electrons. The van der Waals surface area contributed by atoms with Crippen molar-refractivity contribution in [3.63, 3.8) is 0 Å². The molecule has 1 aliphatic rings. The topological polar surface area (TPSA) is 74.1 Å². The third-order valence-corrected chi connectivity index (χ3v) is 5.73. The summed E-state index contributed by atoms with van der Waals surface area (Å²) in [6.07, 6.45) is 8.91. The Morgan fingerprint density at radius 3 is 2.97 bits per heavy atom. The molecule has 0 spiro atoms. The van der Waals surface area contributed by atoms with Gasteiger partial charge in [0.05, 0.1) is 23.4 Å². The average molecular weight is 521 g/mol. The van der Waals surface area contributed by atoms with E-state index < -0.39 is 0 Å². The number of imidazole rings is 2. The zero-order valence-electron chi connectivity index (χ0n) is 17.8. The van der Waals surface area contributed by atoms with E-state index in [9.17, 15) is 0 Å². The van der Waals surface area contributed by atoms with Crippen molar-refractivity contribution in [3.8, 4) is 0 Å². The first-order valence-corrected chi connectivity index (χ1v) is 10.7. The van der Waals surface area contributed by atoms with Crippen LogP contribution in [0, 0.1) is 5.92 Å². The van der Waals surface area contributed by atoms with Crippen molar-refractivity contribution in [2.75, 3.05) is 26.2 Å². The van der Waals surface area contributed by atoms with E-state index in [2.05, 4.69) is 55.8 Å². The van der Waals surface area contributed by atoms with Crippen LogP contribution in [-0.4, -0.2) is 56.6 Å². The molecule has 0 aliphatic carbocycles. The molecule has 7 nitrogen and oxygen atoms in total. The van der Waals surface area contributed by atoms with Crippen LogP contribution in [0.3, 0.4) is 0 Å². The lowest BCUT2D eigenvalue weighted by atomic mass is 9.93. The van der Waals surface area contributed by atoms with Crippen LogP contribution >= 0.6 is 24.0 Å². The smallest absolute Gasteiger partial charge is 0.193 e. The molecule has 0 amide bonds. The van der Waals surface area contributed by atoms with E-state index in [0.29, 0.717) is 12.0 Å². The number of benzene rings is 1. The van der Waals surface area contributed by atoms with Crippen molar-refractivity contribution in [1.82, 2.24) is 29.7 Å². The molecular formula is C22H32IN7. The number of likely N-dealkylation sites (tertiary alicyclic amines) is 1. The van der Waals surface area contributed by atoms with Crippen LogP contribution in [0.4, 0.5) is 0 Å². The average Bonchev–Trinajstić information content (AvgIpc) is 3.40. The van der Waals surface area contributed by atoms with Gasteiger partial charge < -0.3 is 19.8 Å². The summed E-state index contributed by atoms with van der Waals surface area (Å²) in [7, 11) is 0. The van der Waals surface area contributed by atoms with Crippen molar-refractivity contribution >= 4 is 41.0 Å². The highest BCUT2D eigenvalue weighted by molar-refractivity contribution is 14.0. The number of aromatic nitrogens is 4. The van der Waals surface area contributed by atoms with E-state index in [1.165, 1.54) is 0 Å². The first-order chi connectivity index (χ1) is 14.2. The number of para-hydroxylation sites is 2. The molecule has 0 radical (unpaired) electrons. The van der Waals surface area contributed by atoms with E-state index in [1.54, 1.807) is 0 Å². The Hall–Kier alpha value is -2.10. The number of nitrogens with one attached hydrogen (secondary N) is 2. The van der Waals surface area contributed by atoms with Gasteiger partial charge in [0.1, 0.15) is 5.82 Å². The van der Waals surface area contributed by atoms with E-state index in [-0.39, 0.29) is 24.0 Å². The normalized spacial score (nSPS) is 19.7. The third kappa shape index (κ3) is 5.33. The molecule has 3 aromatic rings. The molecule has 8 heteroatoms. The Kier molecular flexibility index (Phi) is 8.12. The number of piperidine rings is 1. The summed E-state index contributed by atoms with van der Waals surface area (Å²) in [4.78, 5) is 19.6. The van der Waals surface area contributed by atoms with Crippen molar-refractivity contribution in [2.24, 2.45) is 10.9 Å². The van der Waals surface area contributed by atoms with Crippen molar-refractivity contribution in [1.29, 1.82) is 0 Å². The molecule has 2 N–H and O–H groups in total. The number of nitrogens with zero attached hydrogens (tertiary/aromatic N) is 5. The standard InChI is InChI=1S/C22H31N7.HI/c1-3-24-22(28-13-10-17(2)20(15-28)29-14-12-23-16-29)25-11-6-9-21-26-18-7-4-5-8-19(18)27-21;/h4-5,7-8,12,14,16-17,20H,3,6,9-11,13,15H2,1-2H3,(H,24,25)(H,26,27);1H. The molecule has 2 unspecified atom stereocenters. The molecule has 1 saturated heterocycles. The molecule has 0 saturated carbocycles. The maximum absolute atomic E-state index is 4.91. The van der Waals surface area contributed by atoms with Gasteiger partial charge in [-0.2, -0.15) is 0 Å². The van der Waals surface area contributed by atoms with Crippen molar-refractivity contribution < 1.29 is 0 Å². The summed E-state index contributed by atoms with van der Waals surface area (Å²) in [5, 5.41) is 3.48. The van der Waals surface area contributed by atoms with Gasteiger partial charge in [0.25, 0.3) is 0 Å². The van der Waals surface area contributed by atoms with Crippen molar-refractivity contribution in [3.05, 3.63) is 48.8 Å². The maximum atomic E-state index is 4.91. The van der Waals surface area contributed by atoms with Gasteiger partial charge in [-0.3, -0.25) is 4.99 Å². The quantitative estimate of drug-likeness (QED) is 0.224. The predicted molar refractivity (Wildman–Crippen MR) is 132 cm³/mol. The zero-order valence-corrected chi connectivity index (χ0v) is 20.1. The van der Waals surface area contributed by atoms with Gasteiger partial charge in [-0.25, -0.2) is 9.97 Å². The molecule has 2 aromatic heterocycles. The van der Waals surface area contributed by atoms with Gasteiger partial charge in [0.2, 0.25) is 0 Å². The number of guanidine groups is 1. The molecule has 2 atom stereocenters. The fourth-order valence-electron chi connectivity index (χ4n) is 4.08. The Balaban J connectivity index is 0.00000256. The number of hydrogen-bond acceptors (Lipinski definition) is 3. The number of H-pyrrole nitrogens is 1. The highest BCUT2D eigenvalue weighted by Crippen LogP contribution is 2.27.